The Bertz CT molecular complexity index is 561. The molecule has 8 nitrogen and oxygen atoms in total. The first-order chi connectivity index (χ1) is 14.3. The summed E-state index contributed by atoms with van der Waals surface area (Å²) in [6.45, 7) is 6.55. The van der Waals surface area contributed by atoms with Gasteiger partial charge in [0.05, 0.1) is 25.5 Å². The first-order valence-electron chi connectivity index (χ1n) is 11.8. The van der Waals surface area contributed by atoms with Gasteiger partial charge in [-0.3, -0.25) is 19.8 Å². The summed E-state index contributed by atoms with van der Waals surface area (Å²) in [5.41, 5.74) is 3.29. The first kappa shape index (κ1) is 20.2. The highest BCUT2D eigenvalue weighted by Gasteiger charge is 2.40. The van der Waals surface area contributed by atoms with E-state index in [0.29, 0.717) is 29.8 Å². The number of hydroxylamine groups is 1. The second kappa shape index (κ2) is 9.16. The van der Waals surface area contributed by atoms with Gasteiger partial charge in [0.15, 0.2) is 0 Å². The molecule has 4 aliphatic heterocycles. The Morgan fingerprint density at radius 3 is 2.45 bits per heavy atom. The minimum absolute atomic E-state index is 0.0836. The zero-order valence-electron chi connectivity index (χ0n) is 17.5. The Labute approximate surface area is 174 Å². The van der Waals surface area contributed by atoms with E-state index >= 15 is 0 Å². The van der Waals surface area contributed by atoms with Gasteiger partial charge in [0.1, 0.15) is 6.23 Å². The standard InChI is InChI=1S/C21H37N5O3/c27-21(16-2-1-3-16)26-8-5-15(6-9-26)19-23-20(29-24-19)17-4-7-22-18(14-17)25-10-12-28-13-11-25/h15-20,22-24H,1-14H2. The van der Waals surface area contributed by atoms with Gasteiger partial charge >= 0.3 is 0 Å². The van der Waals surface area contributed by atoms with Crippen molar-refractivity contribution in [2.24, 2.45) is 17.8 Å². The third kappa shape index (κ3) is 4.48. The summed E-state index contributed by atoms with van der Waals surface area (Å²) in [5, 5.41) is 7.42. The lowest BCUT2D eigenvalue weighted by molar-refractivity contribution is -0.139. The van der Waals surface area contributed by atoms with Crippen LogP contribution >= 0.6 is 0 Å². The Morgan fingerprint density at radius 2 is 1.72 bits per heavy atom. The van der Waals surface area contributed by atoms with Gasteiger partial charge < -0.3 is 15.0 Å². The van der Waals surface area contributed by atoms with Crippen molar-refractivity contribution in [3.8, 4) is 0 Å². The average Bonchev–Trinajstić information content (AvgIpc) is 3.24. The molecule has 29 heavy (non-hydrogen) atoms. The molecule has 0 aromatic carbocycles. The summed E-state index contributed by atoms with van der Waals surface area (Å²) in [7, 11) is 0. The monoisotopic (exact) mass is 407 g/mol. The van der Waals surface area contributed by atoms with Gasteiger partial charge in [-0.1, -0.05) is 6.42 Å². The van der Waals surface area contributed by atoms with Crippen LogP contribution in [0.4, 0.5) is 0 Å². The molecule has 164 valence electrons. The number of hydrogen-bond donors (Lipinski definition) is 3. The van der Waals surface area contributed by atoms with Crippen LogP contribution in [0.15, 0.2) is 0 Å². The normalized spacial score (nSPS) is 38.1. The van der Waals surface area contributed by atoms with Crippen molar-refractivity contribution in [3.63, 3.8) is 0 Å². The topological polar surface area (TPSA) is 78.1 Å². The fraction of sp³-hybridized carbons (Fsp3) is 0.952. The number of ether oxygens (including phenoxy) is 1. The molecule has 5 fully saturated rings. The maximum absolute atomic E-state index is 12.5. The second-order valence-electron chi connectivity index (χ2n) is 9.49. The lowest BCUT2D eigenvalue weighted by Crippen LogP contribution is -2.56. The van der Waals surface area contributed by atoms with Crippen LogP contribution in [-0.2, 0) is 14.4 Å². The van der Waals surface area contributed by atoms with Crippen molar-refractivity contribution in [1.82, 2.24) is 25.9 Å². The fourth-order valence-electron chi connectivity index (χ4n) is 5.59. The molecule has 0 aromatic heterocycles. The molecule has 4 unspecified atom stereocenters. The van der Waals surface area contributed by atoms with Gasteiger partial charge in [0.2, 0.25) is 5.91 Å². The maximum atomic E-state index is 12.5. The van der Waals surface area contributed by atoms with Gasteiger partial charge in [-0.05, 0) is 51.0 Å². The number of carbonyl (C=O) groups is 1. The molecule has 1 saturated carbocycles. The van der Waals surface area contributed by atoms with Gasteiger partial charge in [-0.2, -0.15) is 5.48 Å². The number of hydrogen-bond acceptors (Lipinski definition) is 7. The van der Waals surface area contributed by atoms with Crippen molar-refractivity contribution in [1.29, 1.82) is 0 Å². The van der Waals surface area contributed by atoms with Gasteiger partial charge in [-0.15, -0.1) is 0 Å². The van der Waals surface area contributed by atoms with Crippen LogP contribution in [-0.4, -0.2) is 80.2 Å². The van der Waals surface area contributed by atoms with E-state index in [1.807, 2.05) is 0 Å². The van der Waals surface area contributed by atoms with E-state index in [1.165, 1.54) is 6.42 Å². The number of rotatable bonds is 4. The predicted octanol–water partition coefficient (Wildman–Crippen LogP) is 0.460. The summed E-state index contributed by atoms with van der Waals surface area (Å²) >= 11 is 0. The smallest absolute Gasteiger partial charge is 0.225 e. The average molecular weight is 408 g/mol. The fourth-order valence-corrected chi connectivity index (χ4v) is 5.59. The number of nitrogens with zero attached hydrogens (tertiary/aromatic N) is 2. The van der Waals surface area contributed by atoms with E-state index in [0.717, 1.165) is 84.5 Å². The zero-order valence-corrected chi connectivity index (χ0v) is 17.5. The van der Waals surface area contributed by atoms with Crippen LogP contribution in [0.25, 0.3) is 0 Å². The van der Waals surface area contributed by atoms with E-state index in [1.54, 1.807) is 0 Å². The van der Waals surface area contributed by atoms with Gasteiger partial charge in [-0.25, -0.2) is 0 Å². The molecule has 0 spiro atoms. The summed E-state index contributed by atoms with van der Waals surface area (Å²) in [5.74, 6) is 1.77. The SMILES string of the molecule is O=C(C1CCC1)N1CCC(C2NOC(C3CCNC(N4CCOCC4)C3)N2)CC1. The van der Waals surface area contributed by atoms with Gasteiger partial charge in [0.25, 0.3) is 0 Å². The molecule has 0 radical (unpaired) electrons. The number of likely N-dealkylation sites (tertiary alicyclic amines) is 1. The quantitative estimate of drug-likeness (QED) is 0.625. The Kier molecular flexibility index (Phi) is 6.36. The van der Waals surface area contributed by atoms with E-state index < -0.39 is 0 Å². The summed E-state index contributed by atoms with van der Waals surface area (Å²) in [4.78, 5) is 23.1. The largest absolute Gasteiger partial charge is 0.379 e. The molecular formula is C21H37N5O3. The lowest BCUT2D eigenvalue weighted by Gasteiger charge is -2.41. The van der Waals surface area contributed by atoms with Crippen LogP contribution in [0.1, 0.15) is 44.9 Å². The van der Waals surface area contributed by atoms with Crippen LogP contribution in [0.3, 0.4) is 0 Å². The molecule has 1 amide bonds. The molecule has 5 aliphatic rings. The Balaban J connectivity index is 1.08. The molecule has 0 bridgehead atoms. The minimum atomic E-state index is 0.0836. The number of nitrogens with one attached hydrogen (secondary N) is 3. The van der Waals surface area contributed by atoms with Crippen LogP contribution in [0.5, 0.6) is 0 Å². The van der Waals surface area contributed by atoms with Gasteiger partial charge in [0, 0.05) is 38.0 Å². The Hall–Kier alpha value is -0.770. The van der Waals surface area contributed by atoms with Crippen molar-refractivity contribution in [2.45, 2.75) is 63.5 Å². The summed E-state index contributed by atoms with van der Waals surface area (Å²) < 4.78 is 5.50. The highest BCUT2D eigenvalue weighted by Crippen LogP contribution is 2.32. The van der Waals surface area contributed by atoms with Crippen molar-refractivity contribution in [2.75, 3.05) is 45.9 Å². The predicted molar refractivity (Wildman–Crippen MR) is 108 cm³/mol. The number of piperidine rings is 2. The molecule has 4 atom stereocenters. The van der Waals surface area contributed by atoms with Crippen LogP contribution in [0, 0.1) is 17.8 Å². The molecular weight excluding hydrogens is 370 g/mol. The molecule has 5 rings (SSSR count). The van der Waals surface area contributed by atoms with Crippen LogP contribution < -0.4 is 16.1 Å². The van der Waals surface area contributed by atoms with E-state index in [-0.39, 0.29) is 12.4 Å². The molecule has 4 saturated heterocycles. The third-order valence-corrected chi connectivity index (χ3v) is 7.78. The van der Waals surface area contributed by atoms with Crippen LogP contribution in [0.2, 0.25) is 0 Å². The molecule has 4 heterocycles. The van der Waals surface area contributed by atoms with E-state index in [4.69, 9.17) is 9.57 Å². The number of carbonyl (C=O) groups excluding carboxylic acids is 1. The molecule has 1 aliphatic carbocycles. The minimum Gasteiger partial charge on any atom is -0.379 e. The summed E-state index contributed by atoms with van der Waals surface area (Å²) in [6.07, 6.45) is 8.51. The highest BCUT2D eigenvalue weighted by atomic mass is 16.7. The molecule has 3 N–H and O–H groups in total. The van der Waals surface area contributed by atoms with E-state index in [9.17, 15) is 4.79 Å². The highest BCUT2D eigenvalue weighted by molar-refractivity contribution is 5.79. The second-order valence-corrected chi connectivity index (χ2v) is 9.49. The lowest BCUT2D eigenvalue weighted by atomic mass is 9.83. The summed E-state index contributed by atoms with van der Waals surface area (Å²) in [6, 6.07) is 0. The van der Waals surface area contributed by atoms with Crippen molar-refractivity contribution in [3.05, 3.63) is 0 Å². The maximum Gasteiger partial charge on any atom is 0.225 e. The van der Waals surface area contributed by atoms with Crippen molar-refractivity contribution < 1.29 is 14.4 Å². The Morgan fingerprint density at radius 1 is 0.931 bits per heavy atom. The number of morpholine rings is 1. The molecule has 0 aromatic rings. The number of amides is 1. The zero-order chi connectivity index (χ0) is 19.6. The van der Waals surface area contributed by atoms with E-state index in [2.05, 4.69) is 25.9 Å². The molecule has 8 heteroatoms. The first-order valence-corrected chi connectivity index (χ1v) is 11.8. The third-order valence-electron chi connectivity index (χ3n) is 7.78. The van der Waals surface area contributed by atoms with Crippen molar-refractivity contribution >= 4 is 5.91 Å².